The van der Waals surface area contributed by atoms with Crippen LogP contribution >= 0.6 is 11.6 Å². The van der Waals surface area contributed by atoms with Gasteiger partial charge in [0.2, 0.25) is 5.91 Å². The predicted octanol–water partition coefficient (Wildman–Crippen LogP) is 3.25. The van der Waals surface area contributed by atoms with Gasteiger partial charge in [0.15, 0.2) is 5.69 Å². The first-order valence-electron chi connectivity index (χ1n) is 11.4. The third-order valence-corrected chi connectivity index (χ3v) is 6.28. The maximum atomic E-state index is 13.5. The first-order valence-corrected chi connectivity index (χ1v) is 11.7. The number of rotatable bonds is 9. The molecular formula is C24H32ClN5O3. The lowest BCUT2D eigenvalue weighted by Crippen LogP contribution is -2.64. The van der Waals surface area contributed by atoms with Crippen LogP contribution in [0.25, 0.3) is 0 Å². The summed E-state index contributed by atoms with van der Waals surface area (Å²) in [5, 5.41) is 6.32. The maximum absolute atomic E-state index is 13.5. The van der Waals surface area contributed by atoms with Crippen LogP contribution < -0.4 is 10.6 Å². The van der Waals surface area contributed by atoms with Crippen molar-refractivity contribution in [2.24, 2.45) is 5.92 Å². The summed E-state index contributed by atoms with van der Waals surface area (Å²) in [7, 11) is 0. The summed E-state index contributed by atoms with van der Waals surface area (Å²) in [6.45, 7) is 9.30. The summed E-state index contributed by atoms with van der Waals surface area (Å²) >= 11 is 6.17. The van der Waals surface area contributed by atoms with Crippen LogP contribution in [0.3, 0.4) is 0 Å². The van der Waals surface area contributed by atoms with Gasteiger partial charge in [-0.15, -0.1) is 0 Å². The van der Waals surface area contributed by atoms with E-state index in [0.717, 1.165) is 12.0 Å². The normalized spacial score (nSPS) is 17.8. The molecule has 1 aliphatic rings. The van der Waals surface area contributed by atoms with Crippen molar-refractivity contribution in [2.75, 3.05) is 13.1 Å². The van der Waals surface area contributed by atoms with E-state index in [2.05, 4.69) is 29.5 Å². The fourth-order valence-electron chi connectivity index (χ4n) is 3.99. The van der Waals surface area contributed by atoms with Crippen LogP contribution in [-0.2, 0) is 17.9 Å². The molecule has 2 aromatic rings. The molecule has 0 saturated carbocycles. The Kier molecular flexibility index (Phi) is 7.79. The van der Waals surface area contributed by atoms with Gasteiger partial charge in [-0.3, -0.25) is 14.4 Å². The average Bonchev–Trinajstić information content (AvgIpc) is 3.19. The van der Waals surface area contributed by atoms with Crippen LogP contribution in [0.1, 0.15) is 67.1 Å². The molecule has 1 aromatic carbocycles. The molecule has 3 rings (SSSR count). The standard InChI is InChI=1S/C24H32ClN5O3/c1-5-12-30-22(32)20-19(21(31)27-13-17-8-6-7-9-18(17)25)28-15-29(20)14-24(30,4)23(33)26-11-10-16(2)3/h6-9,15-16H,5,10-14H2,1-4H3,(H,26,33)(H,27,31). The molecule has 1 unspecified atom stereocenters. The molecule has 3 amide bonds. The number of halogens is 1. The van der Waals surface area contributed by atoms with Gasteiger partial charge < -0.3 is 20.1 Å². The Morgan fingerprint density at radius 2 is 1.97 bits per heavy atom. The molecule has 0 spiro atoms. The zero-order valence-electron chi connectivity index (χ0n) is 19.7. The van der Waals surface area contributed by atoms with Gasteiger partial charge in [-0.2, -0.15) is 0 Å². The molecule has 8 nitrogen and oxygen atoms in total. The second kappa shape index (κ2) is 10.4. The molecule has 1 aliphatic heterocycles. The molecule has 33 heavy (non-hydrogen) atoms. The predicted molar refractivity (Wildman–Crippen MR) is 127 cm³/mol. The van der Waals surface area contributed by atoms with Crippen LogP contribution in [0.4, 0.5) is 0 Å². The summed E-state index contributed by atoms with van der Waals surface area (Å²) in [5.74, 6) is -0.567. The van der Waals surface area contributed by atoms with Gasteiger partial charge in [0.05, 0.1) is 12.9 Å². The number of fused-ring (bicyclic) bond motifs is 1. The quantitative estimate of drug-likeness (QED) is 0.584. The summed E-state index contributed by atoms with van der Waals surface area (Å²) < 4.78 is 1.61. The Balaban J connectivity index is 1.83. The molecule has 0 radical (unpaired) electrons. The number of aromatic nitrogens is 2. The highest BCUT2D eigenvalue weighted by Gasteiger charge is 2.48. The van der Waals surface area contributed by atoms with Crippen molar-refractivity contribution in [1.29, 1.82) is 0 Å². The highest BCUT2D eigenvalue weighted by atomic mass is 35.5. The summed E-state index contributed by atoms with van der Waals surface area (Å²) in [6.07, 6.45) is 3.00. The third kappa shape index (κ3) is 5.21. The van der Waals surface area contributed by atoms with Crippen molar-refractivity contribution in [1.82, 2.24) is 25.1 Å². The highest BCUT2D eigenvalue weighted by Crippen LogP contribution is 2.29. The fourth-order valence-corrected chi connectivity index (χ4v) is 4.20. The first-order chi connectivity index (χ1) is 15.7. The summed E-state index contributed by atoms with van der Waals surface area (Å²) in [4.78, 5) is 45.3. The Hall–Kier alpha value is -2.87. The van der Waals surface area contributed by atoms with E-state index in [1.807, 2.05) is 25.1 Å². The van der Waals surface area contributed by atoms with Gasteiger partial charge in [-0.25, -0.2) is 4.98 Å². The van der Waals surface area contributed by atoms with Crippen molar-refractivity contribution in [3.63, 3.8) is 0 Å². The second-order valence-corrected chi connectivity index (χ2v) is 9.42. The van der Waals surface area contributed by atoms with Crippen LogP contribution in [0, 0.1) is 5.92 Å². The van der Waals surface area contributed by atoms with Crippen molar-refractivity contribution in [2.45, 2.75) is 59.2 Å². The number of imidazole rings is 1. The number of nitrogens with zero attached hydrogens (tertiary/aromatic N) is 3. The topological polar surface area (TPSA) is 96.3 Å². The molecular weight excluding hydrogens is 442 g/mol. The van der Waals surface area contributed by atoms with Crippen LogP contribution in [0.5, 0.6) is 0 Å². The first kappa shape index (κ1) is 24.8. The van der Waals surface area contributed by atoms with Crippen molar-refractivity contribution >= 4 is 29.3 Å². The molecule has 0 aliphatic carbocycles. The largest absolute Gasteiger partial charge is 0.354 e. The third-order valence-electron chi connectivity index (χ3n) is 5.92. The molecule has 1 aromatic heterocycles. The minimum Gasteiger partial charge on any atom is -0.354 e. The lowest BCUT2D eigenvalue weighted by Gasteiger charge is -2.43. The van der Waals surface area contributed by atoms with E-state index in [0.29, 0.717) is 30.5 Å². The zero-order chi connectivity index (χ0) is 24.2. The van der Waals surface area contributed by atoms with Crippen molar-refractivity contribution in [3.8, 4) is 0 Å². The molecule has 178 valence electrons. The van der Waals surface area contributed by atoms with Gasteiger partial charge in [0, 0.05) is 24.7 Å². The van der Waals surface area contributed by atoms with Crippen LogP contribution in [0.2, 0.25) is 5.02 Å². The van der Waals surface area contributed by atoms with Crippen molar-refractivity contribution < 1.29 is 14.4 Å². The Morgan fingerprint density at radius 1 is 1.24 bits per heavy atom. The smallest absolute Gasteiger partial charge is 0.273 e. The summed E-state index contributed by atoms with van der Waals surface area (Å²) in [6, 6.07) is 7.23. The zero-order valence-corrected chi connectivity index (χ0v) is 20.4. The fraction of sp³-hybridized carbons (Fsp3) is 0.500. The Bertz CT molecular complexity index is 1030. The number of carbonyl (C=O) groups excluding carboxylic acids is 3. The van der Waals surface area contributed by atoms with E-state index in [4.69, 9.17) is 11.6 Å². The molecule has 2 heterocycles. The number of hydrogen-bond acceptors (Lipinski definition) is 4. The highest BCUT2D eigenvalue weighted by molar-refractivity contribution is 6.31. The molecule has 1 atom stereocenters. The van der Waals surface area contributed by atoms with E-state index in [-0.39, 0.29) is 36.3 Å². The minimum atomic E-state index is -1.07. The van der Waals surface area contributed by atoms with Crippen LogP contribution in [-0.4, -0.2) is 50.8 Å². The number of hydrogen-bond donors (Lipinski definition) is 2. The van der Waals surface area contributed by atoms with Gasteiger partial charge in [0.1, 0.15) is 11.2 Å². The Labute approximate surface area is 199 Å². The second-order valence-electron chi connectivity index (χ2n) is 9.01. The molecule has 0 fully saturated rings. The summed E-state index contributed by atoms with van der Waals surface area (Å²) in [5.41, 5.74) is -0.0449. The Morgan fingerprint density at radius 3 is 2.64 bits per heavy atom. The molecule has 0 bridgehead atoms. The van der Waals surface area contributed by atoms with E-state index in [1.54, 1.807) is 22.5 Å². The monoisotopic (exact) mass is 473 g/mol. The minimum absolute atomic E-state index is 0.0513. The SMILES string of the molecule is CCCN1C(=O)c2c(C(=O)NCc3ccccc3Cl)ncn2CC1(C)C(=O)NCCC(C)C. The maximum Gasteiger partial charge on any atom is 0.273 e. The number of nitrogens with one attached hydrogen (secondary N) is 2. The number of carbonyl (C=O) groups is 3. The van der Waals surface area contributed by atoms with Crippen molar-refractivity contribution in [3.05, 3.63) is 52.6 Å². The number of benzene rings is 1. The van der Waals surface area contributed by atoms with Gasteiger partial charge in [0.25, 0.3) is 11.8 Å². The lowest BCUT2D eigenvalue weighted by atomic mass is 9.93. The van der Waals surface area contributed by atoms with Gasteiger partial charge >= 0.3 is 0 Å². The van der Waals surface area contributed by atoms with Gasteiger partial charge in [-0.05, 0) is 37.3 Å². The van der Waals surface area contributed by atoms with E-state index in [9.17, 15) is 14.4 Å². The van der Waals surface area contributed by atoms with E-state index < -0.39 is 11.4 Å². The van der Waals surface area contributed by atoms with E-state index >= 15 is 0 Å². The molecule has 9 heteroatoms. The average molecular weight is 474 g/mol. The van der Waals surface area contributed by atoms with Crippen LogP contribution in [0.15, 0.2) is 30.6 Å². The molecule has 2 N–H and O–H groups in total. The van der Waals surface area contributed by atoms with Gasteiger partial charge in [-0.1, -0.05) is 50.6 Å². The number of amides is 3. The van der Waals surface area contributed by atoms with E-state index in [1.165, 1.54) is 6.33 Å². The molecule has 0 saturated heterocycles. The lowest BCUT2D eigenvalue weighted by molar-refractivity contribution is -0.132.